The molecule has 2 nitrogen and oxygen atoms in total. The van der Waals surface area contributed by atoms with Crippen molar-refractivity contribution in [2.75, 3.05) is 9.44 Å². The van der Waals surface area contributed by atoms with Gasteiger partial charge in [-0.25, -0.2) is 0 Å². The zero-order chi connectivity index (χ0) is 40.8. The minimum atomic E-state index is 1.09. The van der Waals surface area contributed by atoms with Crippen molar-refractivity contribution in [3.8, 4) is 22.3 Å². The zero-order valence-electron chi connectivity index (χ0n) is 33.5. The van der Waals surface area contributed by atoms with Crippen molar-refractivity contribution in [3.05, 3.63) is 287 Å². The maximum Gasteiger partial charge on any atom is 0.0783 e. The van der Waals surface area contributed by atoms with Gasteiger partial charge < -0.3 is 9.44 Å². The van der Waals surface area contributed by atoms with Crippen LogP contribution in [0.4, 0.5) is 11.4 Å². The molecule has 0 fully saturated rings. The van der Waals surface area contributed by atoms with Crippen LogP contribution in [0.15, 0.2) is 243 Å². The molecule has 0 amide bonds. The number of hydrogen-bond donors (Lipinski definition) is 2. The fraction of sp³-hybridized carbons (Fsp3) is 0. The molecular weight excluding hydrogens is 757 g/mol. The number of nitrogens with one attached hydrogen (secondary N) is 2. The van der Waals surface area contributed by atoms with Crippen molar-refractivity contribution < 1.29 is 0 Å². The van der Waals surface area contributed by atoms with Crippen LogP contribution in [0.3, 0.4) is 0 Å². The van der Waals surface area contributed by atoms with Crippen LogP contribution >= 0.6 is 12.1 Å². The van der Waals surface area contributed by atoms with E-state index in [1.54, 1.807) is 0 Å². The van der Waals surface area contributed by atoms with Gasteiger partial charge in [-0.3, -0.25) is 0 Å². The Kier molecular flexibility index (Phi) is 10.7. The van der Waals surface area contributed by atoms with E-state index in [1.807, 2.05) is 0 Å². The van der Waals surface area contributed by atoms with Crippen LogP contribution in [-0.4, -0.2) is 0 Å². The van der Waals surface area contributed by atoms with Crippen LogP contribution < -0.4 is 9.44 Å². The molecule has 3 heteroatoms. The molecule has 290 valence electrons. The fourth-order valence-electron chi connectivity index (χ4n) is 8.51. The van der Waals surface area contributed by atoms with Gasteiger partial charge in [-0.2, -0.15) is 0 Å². The summed E-state index contributed by atoms with van der Waals surface area (Å²) in [5.74, 6) is 0. The van der Waals surface area contributed by atoms with Gasteiger partial charge >= 0.3 is 0 Å². The fourth-order valence-corrected chi connectivity index (χ4v) is 9.19. The number of benzene rings is 9. The predicted molar refractivity (Wildman–Crippen MR) is 261 cm³/mol. The average Bonchev–Trinajstić information content (AvgIpc) is 3.85. The van der Waals surface area contributed by atoms with Crippen LogP contribution in [-0.2, 0) is 0 Å². The summed E-state index contributed by atoms with van der Waals surface area (Å²) in [6, 6.07) is 87.1. The van der Waals surface area contributed by atoms with Gasteiger partial charge in [0.05, 0.1) is 23.5 Å². The molecule has 10 rings (SSSR count). The van der Waals surface area contributed by atoms with E-state index in [0.717, 1.165) is 44.8 Å². The topological polar surface area (TPSA) is 24.1 Å². The van der Waals surface area contributed by atoms with E-state index in [4.69, 9.17) is 0 Å². The molecule has 2 N–H and O–H groups in total. The van der Waals surface area contributed by atoms with Gasteiger partial charge in [0.25, 0.3) is 0 Å². The Morgan fingerprint density at radius 3 is 0.672 bits per heavy atom. The number of anilines is 2. The molecule has 9 aromatic rings. The van der Waals surface area contributed by atoms with Gasteiger partial charge in [-0.15, -0.1) is 0 Å². The molecule has 0 radical (unpaired) electrons. The summed E-state index contributed by atoms with van der Waals surface area (Å²) in [5, 5.41) is 0. The van der Waals surface area contributed by atoms with Crippen molar-refractivity contribution in [2.45, 2.75) is 0 Å². The van der Waals surface area contributed by atoms with Gasteiger partial charge in [-0.05, 0) is 77.9 Å². The Hall–Kier alpha value is -7.59. The highest BCUT2D eigenvalue weighted by atomic mass is 32.2. The molecule has 0 aromatic heterocycles. The summed E-state index contributed by atoms with van der Waals surface area (Å²) < 4.78 is 7.19. The van der Waals surface area contributed by atoms with E-state index in [2.05, 4.69) is 252 Å². The highest BCUT2D eigenvalue weighted by Gasteiger charge is 2.23. The number of fused-ring (bicyclic) bond motifs is 1. The summed E-state index contributed by atoms with van der Waals surface area (Å²) >= 11 is 1.51. The Bertz CT molecular complexity index is 2670. The molecule has 9 aromatic carbocycles. The predicted octanol–water partition coefficient (Wildman–Crippen LogP) is 15.4. The van der Waals surface area contributed by atoms with Crippen molar-refractivity contribution in [2.24, 2.45) is 0 Å². The van der Waals surface area contributed by atoms with Crippen LogP contribution in [0.25, 0.3) is 44.5 Å². The Balaban J connectivity index is 1.04. The smallest absolute Gasteiger partial charge is 0.0783 e. The minimum Gasteiger partial charge on any atom is -0.310 e. The maximum absolute atomic E-state index is 3.59. The minimum absolute atomic E-state index is 1.09. The molecule has 0 bridgehead atoms. The van der Waals surface area contributed by atoms with E-state index < -0.39 is 0 Å². The first kappa shape index (κ1) is 37.7. The molecular formula is C58H42N2S. The van der Waals surface area contributed by atoms with Gasteiger partial charge in [0.15, 0.2) is 0 Å². The standard InChI is InChI=1S/C58H42N2S/c1-7-19-43(20-8-1)53(44-21-9-2-10-22-44)55(47-27-15-5-16-28-47)49-35-31-41(32-36-49)51-39-40-52(58-57(51)59-61-60-58)42-33-37-50(38-34-42)56(48-29-17-6-18-30-48)54(45-23-11-3-12-24-45)46-25-13-4-14-26-46/h1-40,59-60H. The summed E-state index contributed by atoms with van der Waals surface area (Å²) in [6.45, 7) is 0. The van der Waals surface area contributed by atoms with Crippen LogP contribution in [0, 0.1) is 0 Å². The maximum atomic E-state index is 3.59. The molecule has 1 aliphatic rings. The van der Waals surface area contributed by atoms with E-state index in [9.17, 15) is 0 Å². The van der Waals surface area contributed by atoms with Crippen molar-refractivity contribution in [3.63, 3.8) is 0 Å². The van der Waals surface area contributed by atoms with E-state index in [0.29, 0.717) is 0 Å². The first-order chi connectivity index (χ1) is 30.3. The summed E-state index contributed by atoms with van der Waals surface area (Å²) in [5.41, 5.74) is 21.0. The van der Waals surface area contributed by atoms with Gasteiger partial charge in [0, 0.05) is 11.1 Å². The Morgan fingerprint density at radius 1 is 0.230 bits per heavy atom. The van der Waals surface area contributed by atoms with E-state index in [1.165, 1.54) is 67.8 Å². The second-order valence-electron chi connectivity index (χ2n) is 15.1. The molecule has 0 unspecified atom stereocenters. The van der Waals surface area contributed by atoms with E-state index in [-0.39, 0.29) is 0 Å². The van der Waals surface area contributed by atoms with Gasteiger partial charge in [0.2, 0.25) is 0 Å². The summed E-state index contributed by atoms with van der Waals surface area (Å²) in [7, 11) is 0. The largest absolute Gasteiger partial charge is 0.310 e. The van der Waals surface area contributed by atoms with Gasteiger partial charge in [0.1, 0.15) is 0 Å². The molecule has 0 aliphatic carbocycles. The Labute approximate surface area is 362 Å². The summed E-state index contributed by atoms with van der Waals surface area (Å²) in [4.78, 5) is 0. The number of hydrogen-bond acceptors (Lipinski definition) is 3. The van der Waals surface area contributed by atoms with Crippen molar-refractivity contribution in [1.82, 2.24) is 0 Å². The third kappa shape index (κ3) is 7.71. The lowest BCUT2D eigenvalue weighted by Crippen LogP contribution is -1.98. The molecule has 1 heterocycles. The third-order valence-corrected chi connectivity index (χ3v) is 12.0. The molecule has 0 atom stereocenters. The van der Waals surface area contributed by atoms with Crippen molar-refractivity contribution in [1.29, 1.82) is 0 Å². The highest BCUT2D eigenvalue weighted by Crippen LogP contribution is 2.48. The second kappa shape index (κ2) is 17.3. The second-order valence-corrected chi connectivity index (χ2v) is 15.7. The number of rotatable bonds is 10. The SMILES string of the molecule is c1ccc(C(=C(c2ccccc2)c2ccc(-c3ccc(-c4ccc(C(=C(c5ccccc5)c5ccccc5)c5ccccc5)cc4)c4c3NSN4)cc2)c2ccccc2)cc1. The Morgan fingerprint density at radius 2 is 0.443 bits per heavy atom. The van der Waals surface area contributed by atoms with Crippen molar-refractivity contribution >= 4 is 45.8 Å². The van der Waals surface area contributed by atoms with Gasteiger partial charge in [-0.1, -0.05) is 243 Å². The molecule has 0 saturated carbocycles. The first-order valence-electron chi connectivity index (χ1n) is 20.7. The molecule has 61 heavy (non-hydrogen) atoms. The zero-order valence-corrected chi connectivity index (χ0v) is 34.3. The molecule has 1 aliphatic heterocycles. The monoisotopic (exact) mass is 798 g/mol. The molecule has 0 saturated heterocycles. The summed E-state index contributed by atoms with van der Waals surface area (Å²) in [6.07, 6.45) is 0. The lowest BCUT2D eigenvalue weighted by molar-refractivity contribution is 1.49. The van der Waals surface area contributed by atoms with Crippen LogP contribution in [0.2, 0.25) is 0 Å². The normalized spacial score (nSPS) is 11.5. The third-order valence-electron chi connectivity index (χ3n) is 11.4. The lowest BCUT2D eigenvalue weighted by Gasteiger charge is -2.19. The van der Waals surface area contributed by atoms with E-state index >= 15 is 0 Å². The van der Waals surface area contributed by atoms with Crippen LogP contribution in [0.5, 0.6) is 0 Å². The highest BCUT2D eigenvalue weighted by molar-refractivity contribution is 8.02. The van der Waals surface area contributed by atoms with Crippen LogP contribution in [0.1, 0.15) is 44.5 Å². The average molecular weight is 799 g/mol. The molecule has 0 spiro atoms. The quantitative estimate of drug-likeness (QED) is 0.106. The lowest BCUT2D eigenvalue weighted by atomic mass is 9.85. The first-order valence-corrected chi connectivity index (χ1v) is 21.5.